The zero-order chi connectivity index (χ0) is 22.7. The summed E-state index contributed by atoms with van der Waals surface area (Å²) < 4.78 is 5.30. The van der Waals surface area contributed by atoms with Gasteiger partial charge in [-0.15, -0.1) is 0 Å². The molecule has 5 fully saturated rings. The molecule has 12 atom stereocenters. The van der Waals surface area contributed by atoms with Gasteiger partial charge >= 0.3 is 17.9 Å². The molecule has 0 radical (unpaired) electrons. The van der Waals surface area contributed by atoms with Gasteiger partial charge < -0.3 is 14.9 Å². The first-order valence-electron chi connectivity index (χ1n) is 12.9. The van der Waals surface area contributed by atoms with Crippen LogP contribution in [0.25, 0.3) is 0 Å². The van der Waals surface area contributed by atoms with Gasteiger partial charge in [0.1, 0.15) is 0 Å². The second-order valence-electron chi connectivity index (χ2n) is 11.7. The highest BCUT2D eigenvalue weighted by molar-refractivity contribution is 5.97. The van der Waals surface area contributed by atoms with E-state index < -0.39 is 11.9 Å². The minimum absolute atomic E-state index is 0.109. The van der Waals surface area contributed by atoms with E-state index in [2.05, 4.69) is 6.92 Å². The molecule has 5 aliphatic rings. The number of carbonyl (C=O) groups excluding carboxylic acids is 2. The van der Waals surface area contributed by atoms with Crippen molar-refractivity contribution in [2.75, 3.05) is 6.61 Å². The number of carboxylic acids is 1. The molecule has 1 saturated heterocycles. The maximum absolute atomic E-state index is 13.0. The molecule has 4 saturated carbocycles. The average molecular weight is 447 g/mol. The molecule has 0 aromatic carbocycles. The highest BCUT2D eigenvalue weighted by Crippen LogP contribution is 2.61. The molecule has 0 spiro atoms. The van der Waals surface area contributed by atoms with Gasteiger partial charge in [0.25, 0.3) is 0 Å². The Labute approximate surface area is 190 Å². The van der Waals surface area contributed by atoms with Crippen LogP contribution in [0.1, 0.15) is 65.2 Å². The molecule has 1 heterocycles. The van der Waals surface area contributed by atoms with Crippen molar-refractivity contribution in [3.63, 3.8) is 0 Å². The van der Waals surface area contributed by atoms with Crippen molar-refractivity contribution in [3.05, 3.63) is 0 Å². The number of cyclic esters (lactones) is 2. The molecular formula is C26H38O6. The molecule has 12 unspecified atom stereocenters. The Morgan fingerprint density at radius 2 is 1.34 bits per heavy atom. The number of ether oxygens (including phenoxy) is 1. The fourth-order valence-electron chi connectivity index (χ4n) is 9.31. The quantitative estimate of drug-likeness (QED) is 0.476. The largest absolute Gasteiger partial charge is 0.481 e. The van der Waals surface area contributed by atoms with E-state index in [0.717, 1.165) is 38.0 Å². The van der Waals surface area contributed by atoms with Crippen LogP contribution in [-0.2, 0) is 19.1 Å². The number of aliphatic hydroxyl groups excluding tert-OH is 1. The number of esters is 2. The molecule has 1 aliphatic heterocycles. The maximum atomic E-state index is 13.0. The van der Waals surface area contributed by atoms with Crippen LogP contribution in [-0.4, -0.2) is 34.7 Å². The SMILES string of the molecule is CC1CCC2C1CCC2C1C(=O)OC(=O)C1C1CCC2C(C(CO)C(C)C(=O)O)CCC21. The third kappa shape index (κ3) is 3.35. The Kier molecular flexibility index (Phi) is 5.88. The van der Waals surface area contributed by atoms with Gasteiger partial charge in [0, 0.05) is 6.61 Å². The number of aliphatic carboxylic acids is 1. The van der Waals surface area contributed by atoms with Crippen molar-refractivity contribution in [1.29, 1.82) is 0 Å². The Morgan fingerprint density at radius 1 is 0.844 bits per heavy atom. The summed E-state index contributed by atoms with van der Waals surface area (Å²) in [5.41, 5.74) is 0. The van der Waals surface area contributed by atoms with Gasteiger partial charge in [0.2, 0.25) is 0 Å². The molecular weight excluding hydrogens is 408 g/mol. The smallest absolute Gasteiger partial charge is 0.317 e. The van der Waals surface area contributed by atoms with Gasteiger partial charge in [-0.3, -0.25) is 14.4 Å². The van der Waals surface area contributed by atoms with E-state index in [4.69, 9.17) is 4.74 Å². The zero-order valence-corrected chi connectivity index (χ0v) is 19.3. The summed E-state index contributed by atoms with van der Waals surface area (Å²) in [6, 6.07) is 0. The van der Waals surface area contributed by atoms with E-state index >= 15 is 0 Å². The van der Waals surface area contributed by atoms with E-state index in [1.165, 1.54) is 19.3 Å². The van der Waals surface area contributed by atoms with E-state index in [1.54, 1.807) is 6.92 Å². The van der Waals surface area contributed by atoms with Crippen molar-refractivity contribution < 1.29 is 29.3 Å². The molecule has 0 aromatic rings. The molecule has 6 nitrogen and oxygen atoms in total. The van der Waals surface area contributed by atoms with Crippen LogP contribution in [0.15, 0.2) is 0 Å². The summed E-state index contributed by atoms with van der Waals surface area (Å²) in [7, 11) is 0. The van der Waals surface area contributed by atoms with Crippen molar-refractivity contribution in [1.82, 2.24) is 0 Å². The standard InChI is InChI=1S/C26H38O6/c1-12-3-4-15-14(12)5-9-19(15)22-23(26(31)32-25(22)30)20-10-8-16-17(20)6-7-18(16)21(11-27)13(2)24(28)29/h12-23,27H,3-11H2,1-2H3,(H,28,29). The second kappa shape index (κ2) is 8.41. The third-order valence-corrected chi connectivity index (χ3v) is 10.8. The number of hydrogen-bond donors (Lipinski definition) is 2. The predicted molar refractivity (Wildman–Crippen MR) is 116 cm³/mol. The molecule has 6 heteroatoms. The zero-order valence-electron chi connectivity index (χ0n) is 19.3. The summed E-state index contributed by atoms with van der Waals surface area (Å²) in [5, 5.41) is 19.5. The lowest BCUT2D eigenvalue weighted by molar-refractivity contribution is -0.154. The Morgan fingerprint density at radius 3 is 1.94 bits per heavy atom. The lowest BCUT2D eigenvalue weighted by atomic mass is 9.68. The molecule has 0 bridgehead atoms. The number of carbonyl (C=O) groups is 3. The van der Waals surface area contributed by atoms with Crippen molar-refractivity contribution in [2.45, 2.75) is 65.2 Å². The number of aliphatic hydroxyl groups is 1. The fourth-order valence-corrected chi connectivity index (χ4v) is 9.31. The van der Waals surface area contributed by atoms with Gasteiger partial charge in [0.05, 0.1) is 17.8 Å². The molecule has 5 rings (SSSR count). The molecule has 2 N–H and O–H groups in total. The minimum atomic E-state index is -0.853. The first kappa shape index (κ1) is 22.4. The van der Waals surface area contributed by atoms with Crippen LogP contribution >= 0.6 is 0 Å². The van der Waals surface area contributed by atoms with E-state index in [-0.39, 0.29) is 54.1 Å². The Hall–Kier alpha value is -1.43. The van der Waals surface area contributed by atoms with Gasteiger partial charge in [-0.2, -0.15) is 0 Å². The first-order valence-corrected chi connectivity index (χ1v) is 12.9. The average Bonchev–Trinajstić information content (AvgIpc) is 3.53. The summed E-state index contributed by atoms with van der Waals surface area (Å²) in [5.74, 6) is 0.398. The number of carboxylic acid groups (broad SMARTS) is 1. The molecule has 4 aliphatic carbocycles. The summed E-state index contributed by atoms with van der Waals surface area (Å²) in [4.78, 5) is 37.5. The predicted octanol–water partition coefficient (Wildman–Crippen LogP) is 3.76. The lowest BCUT2D eigenvalue weighted by Crippen LogP contribution is -2.36. The third-order valence-electron chi connectivity index (χ3n) is 10.8. The summed E-state index contributed by atoms with van der Waals surface area (Å²) in [6.45, 7) is 3.92. The Bertz CT molecular complexity index is 778. The van der Waals surface area contributed by atoms with Crippen LogP contribution in [0.5, 0.6) is 0 Å². The van der Waals surface area contributed by atoms with Gasteiger partial charge in [-0.25, -0.2) is 0 Å². The van der Waals surface area contributed by atoms with Crippen LogP contribution in [0.2, 0.25) is 0 Å². The number of fused-ring (bicyclic) bond motifs is 2. The summed E-state index contributed by atoms with van der Waals surface area (Å²) in [6.07, 6.45) is 8.34. The van der Waals surface area contributed by atoms with E-state index in [9.17, 15) is 24.6 Å². The van der Waals surface area contributed by atoms with Gasteiger partial charge in [0.15, 0.2) is 0 Å². The van der Waals surface area contributed by atoms with Gasteiger partial charge in [-0.1, -0.05) is 20.3 Å². The number of hydrogen-bond acceptors (Lipinski definition) is 5. The number of rotatable bonds is 6. The van der Waals surface area contributed by atoms with Crippen LogP contribution in [0.3, 0.4) is 0 Å². The highest BCUT2D eigenvalue weighted by Gasteiger charge is 2.60. The molecule has 0 amide bonds. The van der Waals surface area contributed by atoms with Crippen LogP contribution in [0.4, 0.5) is 0 Å². The van der Waals surface area contributed by atoms with Crippen LogP contribution in [0, 0.1) is 71.0 Å². The lowest BCUT2D eigenvalue weighted by Gasteiger charge is -2.32. The topological polar surface area (TPSA) is 101 Å². The molecule has 32 heavy (non-hydrogen) atoms. The molecule has 178 valence electrons. The van der Waals surface area contributed by atoms with Gasteiger partial charge in [-0.05, 0) is 98.2 Å². The maximum Gasteiger partial charge on any atom is 0.317 e. The first-order chi connectivity index (χ1) is 15.3. The minimum Gasteiger partial charge on any atom is -0.481 e. The van der Waals surface area contributed by atoms with Crippen molar-refractivity contribution >= 4 is 17.9 Å². The monoisotopic (exact) mass is 446 g/mol. The molecule has 0 aromatic heterocycles. The Balaban J connectivity index is 1.36. The fraction of sp³-hybridized carbons (Fsp3) is 0.885. The van der Waals surface area contributed by atoms with Crippen molar-refractivity contribution in [3.8, 4) is 0 Å². The normalized spacial score (nSPS) is 47.3. The van der Waals surface area contributed by atoms with Crippen molar-refractivity contribution in [2.24, 2.45) is 71.0 Å². The van der Waals surface area contributed by atoms with E-state index in [0.29, 0.717) is 23.7 Å². The van der Waals surface area contributed by atoms with Crippen LogP contribution < -0.4 is 0 Å². The summed E-state index contributed by atoms with van der Waals surface area (Å²) >= 11 is 0. The van der Waals surface area contributed by atoms with E-state index in [1.807, 2.05) is 0 Å². The highest BCUT2D eigenvalue weighted by atomic mass is 16.6. The second-order valence-corrected chi connectivity index (χ2v) is 11.7.